The second-order valence-electron chi connectivity index (χ2n) is 11.7. The topological polar surface area (TPSA) is 137 Å². The van der Waals surface area contributed by atoms with Crippen molar-refractivity contribution in [3.63, 3.8) is 0 Å². The number of hydrogen-bond donors (Lipinski definition) is 4. The third-order valence-electron chi connectivity index (χ3n) is 9.00. The van der Waals surface area contributed by atoms with Crippen molar-refractivity contribution in [2.45, 2.75) is 51.9 Å². The van der Waals surface area contributed by atoms with Crippen LogP contribution in [-0.2, 0) is 34.1 Å². The Morgan fingerprint density at radius 2 is 1.90 bits per heavy atom. The van der Waals surface area contributed by atoms with Crippen molar-refractivity contribution in [2.75, 3.05) is 30.7 Å². The monoisotopic (exact) mass is 580 g/mol. The Labute approximate surface area is 242 Å². The highest BCUT2D eigenvalue weighted by molar-refractivity contribution is 7.89. The van der Waals surface area contributed by atoms with Crippen LogP contribution in [0.1, 0.15) is 59.8 Å². The van der Waals surface area contributed by atoms with Gasteiger partial charge in [-0.05, 0) is 92.0 Å². The summed E-state index contributed by atoms with van der Waals surface area (Å²) in [6.07, 6.45) is 8.58. The molecule has 9 nitrogen and oxygen atoms in total. The fourth-order valence-electron chi connectivity index (χ4n) is 6.15. The Kier molecular flexibility index (Phi) is 9.09. The quantitative estimate of drug-likeness (QED) is 0.266. The van der Waals surface area contributed by atoms with Crippen LogP contribution in [0.5, 0.6) is 0 Å². The Balaban J connectivity index is 1.06. The molecule has 4 atom stereocenters. The first-order chi connectivity index (χ1) is 19.7. The maximum absolute atomic E-state index is 12.7. The lowest BCUT2D eigenvalue weighted by Gasteiger charge is -2.48. The van der Waals surface area contributed by atoms with Gasteiger partial charge in [-0.15, -0.1) is 0 Å². The van der Waals surface area contributed by atoms with Crippen molar-refractivity contribution in [1.29, 1.82) is 0 Å². The molecule has 1 amide bonds. The molecule has 2 heterocycles. The first-order valence-electron chi connectivity index (χ1n) is 14.7. The number of pyridine rings is 1. The van der Waals surface area contributed by atoms with Gasteiger partial charge in [-0.1, -0.05) is 36.8 Å². The minimum atomic E-state index is -3.63. The molecule has 220 valence electrons. The van der Waals surface area contributed by atoms with E-state index in [0.29, 0.717) is 23.8 Å². The zero-order valence-electron chi connectivity index (χ0n) is 23.6. The Hall–Kier alpha value is -3.24. The van der Waals surface area contributed by atoms with Gasteiger partial charge >= 0.3 is 5.97 Å². The molecule has 0 radical (unpaired) electrons. The number of carbonyl (C=O) groups excluding carboxylic acids is 1. The van der Waals surface area contributed by atoms with Gasteiger partial charge in [0.2, 0.25) is 10.0 Å². The highest BCUT2D eigenvalue weighted by atomic mass is 32.2. The van der Waals surface area contributed by atoms with Crippen molar-refractivity contribution in [3.05, 3.63) is 70.4 Å². The van der Waals surface area contributed by atoms with Gasteiger partial charge in [-0.3, -0.25) is 9.59 Å². The minimum absolute atomic E-state index is 0.0583. The molecule has 1 aromatic heterocycles. The van der Waals surface area contributed by atoms with E-state index < -0.39 is 27.8 Å². The van der Waals surface area contributed by atoms with Crippen LogP contribution in [0.15, 0.2) is 48.0 Å². The molecule has 10 heteroatoms. The smallest absolute Gasteiger partial charge is 0.309 e. The molecular weight excluding hydrogens is 540 g/mol. The van der Waals surface area contributed by atoms with Crippen LogP contribution in [0.2, 0.25) is 0 Å². The van der Waals surface area contributed by atoms with E-state index in [-0.39, 0.29) is 18.8 Å². The predicted octanol–water partition coefficient (Wildman–Crippen LogP) is 3.57. The summed E-state index contributed by atoms with van der Waals surface area (Å²) in [5, 5.41) is 15.6. The number of fused-ring (bicyclic) bond motifs is 2. The second kappa shape index (κ2) is 12.7. The number of aliphatic carboxylic acids is 1. The number of anilines is 1. The van der Waals surface area contributed by atoms with Crippen molar-refractivity contribution in [1.82, 2.24) is 15.0 Å². The summed E-state index contributed by atoms with van der Waals surface area (Å²) in [5.74, 6) is 0.133. The highest BCUT2D eigenvalue weighted by Gasteiger charge is 2.41. The van der Waals surface area contributed by atoms with Crippen molar-refractivity contribution < 1.29 is 23.1 Å². The number of allylic oxidation sites excluding steroid dienone is 2. The lowest BCUT2D eigenvalue weighted by molar-refractivity contribution is -0.141. The minimum Gasteiger partial charge on any atom is -0.481 e. The van der Waals surface area contributed by atoms with E-state index in [9.17, 15) is 23.1 Å². The molecule has 4 N–H and O–H groups in total. The zero-order chi connectivity index (χ0) is 29.0. The summed E-state index contributed by atoms with van der Waals surface area (Å²) < 4.78 is 27.6. The number of carboxylic acid groups (broad SMARTS) is 1. The SMILES string of the molecule is CC1[C@H]2CC=C(CCS(=O)(=O)NC[C@H](CNC(=O)c3ccc(CCc4ccc5c(n4)NCCC5)cc3)C(=O)O)[C@@H]1C2. The molecule has 2 aromatic rings. The van der Waals surface area contributed by atoms with Crippen molar-refractivity contribution in [3.8, 4) is 0 Å². The largest absolute Gasteiger partial charge is 0.481 e. The molecule has 2 bridgehead atoms. The van der Waals surface area contributed by atoms with Gasteiger partial charge in [-0.2, -0.15) is 0 Å². The van der Waals surface area contributed by atoms with Gasteiger partial charge in [-0.25, -0.2) is 18.1 Å². The molecule has 1 unspecified atom stereocenters. The summed E-state index contributed by atoms with van der Waals surface area (Å²) in [4.78, 5) is 29.2. The summed E-state index contributed by atoms with van der Waals surface area (Å²) in [6.45, 7) is 2.73. The molecule has 0 spiro atoms. The van der Waals surface area contributed by atoms with E-state index in [1.165, 1.54) is 11.1 Å². The number of nitrogens with zero attached hydrogens (tertiary/aromatic N) is 1. The molecule has 4 aliphatic rings. The van der Waals surface area contributed by atoms with Crippen LogP contribution in [0.3, 0.4) is 0 Å². The molecule has 6 rings (SSSR count). The van der Waals surface area contributed by atoms with Gasteiger partial charge < -0.3 is 15.7 Å². The van der Waals surface area contributed by atoms with Crippen LogP contribution in [-0.4, -0.2) is 55.8 Å². The van der Waals surface area contributed by atoms with E-state index >= 15 is 0 Å². The van der Waals surface area contributed by atoms with Gasteiger partial charge in [0.25, 0.3) is 5.91 Å². The highest BCUT2D eigenvalue weighted by Crippen LogP contribution is 2.51. The average molecular weight is 581 g/mol. The number of amides is 1. The number of carboxylic acids is 1. The van der Waals surface area contributed by atoms with Crippen LogP contribution >= 0.6 is 0 Å². The third kappa shape index (κ3) is 7.35. The lowest BCUT2D eigenvalue weighted by Crippen LogP contribution is -2.41. The van der Waals surface area contributed by atoms with E-state index in [1.54, 1.807) is 12.1 Å². The van der Waals surface area contributed by atoms with Gasteiger partial charge in [0.05, 0.1) is 11.7 Å². The maximum atomic E-state index is 12.7. The summed E-state index contributed by atoms with van der Waals surface area (Å²) in [7, 11) is -3.63. The fourth-order valence-corrected chi connectivity index (χ4v) is 7.25. The lowest BCUT2D eigenvalue weighted by atomic mass is 9.57. The number of nitrogens with one attached hydrogen (secondary N) is 3. The van der Waals surface area contributed by atoms with Crippen LogP contribution in [0, 0.1) is 23.7 Å². The number of hydrogen-bond acceptors (Lipinski definition) is 6. The Bertz CT molecular complexity index is 1410. The zero-order valence-corrected chi connectivity index (χ0v) is 24.4. The van der Waals surface area contributed by atoms with Gasteiger partial charge in [0.15, 0.2) is 0 Å². The number of aryl methyl sites for hydroxylation is 3. The normalized spacial score (nSPS) is 22.0. The maximum Gasteiger partial charge on any atom is 0.309 e. The van der Waals surface area contributed by atoms with Gasteiger partial charge in [0.1, 0.15) is 5.82 Å². The van der Waals surface area contributed by atoms with Crippen LogP contribution in [0.25, 0.3) is 0 Å². The number of rotatable bonds is 13. The third-order valence-corrected chi connectivity index (χ3v) is 10.3. The number of sulfonamides is 1. The Morgan fingerprint density at radius 1 is 1.10 bits per heavy atom. The number of benzene rings is 1. The van der Waals surface area contributed by atoms with Crippen molar-refractivity contribution >= 4 is 27.7 Å². The number of aromatic nitrogens is 1. The molecule has 1 fully saturated rings. The predicted molar refractivity (Wildman–Crippen MR) is 158 cm³/mol. The molecule has 3 aliphatic carbocycles. The second-order valence-corrected chi connectivity index (χ2v) is 13.6. The van der Waals surface area contributed by atoms with Crippen LogP contribution < -0.4 is 15.4 Å². The molecular formula is C31H40N4O5S. The van der Waals surface area contributed by atoms with E-state index in [0.717, 1.165) is 68.1 Å². The molecule has 0 saturated heterocycles. The molecule has 1 saturated carbocycles. The average Bonchev–Trinajstić information content (AvgIpc) is 2.98. The van der Waals surface area contributed by atoms with Crippen molar-refractivity contribution in [2.24, 2.45) is 23.7 Å². The summed E-state index contributed by atoms with van der Waals surface area (Å²) in [5.41, 5.74) is 4.99. The first-order valence-corrected chi connectivity index (χ1v) is 16.3. The van der Waals surface area contributed by atoms with Crippen LogP contribution in [0.4, 0.5) is 5.82 Å². The summed E-state index contributed by atoms with van der Waals surface area (Å²) >= 11 is 0. The van der Waals surface area contributed by atoms with Gasteiger partial charge in [0, 0.05) is 30.9 Å². The summed E-state index contributed by atoms with van der Waals surface area (Å²) in [6, 6.07) is 11.4. The number of carbonyl (C=O) groups is 2. The molecule has 1 aromatic carbocycles. The van der Waals surface area contributed by atoms with E-state index in [1.807, 2.05) is 12.1 Å². The first kappa shape index (κ1) is 29.3. The van der Waals surface area contributed by atoms with E-state index in [4.69, 9.17) is 4.98 Å². The standard InChI is InChI=1S/C31H40N4O5S/c1-20-25-10-9-22(28(20)17-25)14-16-41(39,40)34-19-26(31(37)38)18-33-30(36)24-7-4-21(5-8-24)6-12-27-13-11-23-3-2-15-32-29(23)35-27/h4-5,7-9,11,13,20,25-26,28,34H,2-3,6,10,12,14-19H2,1H3,(H,32,35)(H,33,36)(H,37,38)/t20?,25-,26-,28+/m0/s1. The molecule has 41 heavy (non-hydrogen) atoms. The fraction of sp³-hybridized carbons (Fsp3) is 0.516. The Morgan fingerprint density at radius 3 is 2.63 bits per heavy atom. The van der Waals surface area contributed by atoms with E-state index in [2.05, 4.69) is 40.5 Å². The molecule has 1 aliphatic heterocycles.